The molecule has 21 heavy (non-hydrogen) atoms. The molecule has 120 valence electrons. The molecule has 0 saturated carbocycles. The summed E-state index contributed by atoms with van der Waals surface area (Å²) in [4.78, 5) is 2.36. The van der Waals surface area contributed by atoms with Crippen LogP contribution in [-0.4, -0.2) is 38.2 Å². The third-order valence-corrected chi connectivity index (χ3v) is 3.84. The van der Waals surface area contributed by atoms with Gasteiger partial charge in [0, 0.05) is 37.8 Å². The Kier molecular flexibility index (Phi) is 6.44. The van der Waals surface area contributed by atoms with Crippen LogP contribution in [0.4, 0.5) is 4.39 Å². The number of ether oxygens (including phenoxy) is 1. The van der Waals surface area contributed by atoms with Crippen molar-refractivity contribution in [1.29, 1.82) is 0 Å². The fourth-order valence-electron chi connectivity index (χ4n) is 3.06. The number of hydrogen-bond acceptors (Lipinski definition) is 3. The fraction of sp³-hybridized carbons (Fsp3) is 0.625. The summed E-state index contributed by atoms with van der Waals surface area (Å²) < 4.78 is 19.9. The highest BCUT2D eigenvalue weighted by molar-refractivity contribution is 5.85. The smallest absolute Gasteiger partial charge is 0.131 e. The first-order chi connectivity index (χ1) is 9.45. The summed E-state index contributed by atoms with van der Waals surface area (Å²) in [5.74, 6) is 0.464. The van der Waals surface area contributed by atoms with Gasteiger partial charge in [-0.2, -0.15) is 0 Å². The van der Waals surface area contributed by atoms with E-state index in [9.17, 15) is 4.39 Å². The zero-order valence-electron chi connectivity index (χ0n) is 13.3. The second kappa shape index (κ2) is 7.43. The van der Waals surface area contributed by atoms with Crippen LogP contribution < -0.4 is 10.1 Å². The zero-order chi connectivity index (χ0) is 14.8. The van der Waals surface area contributed by atoms with E-state index in [1.54, 1.807) is 13.2 Å². The van der Waals surface area contributed by atoms with Gasteiger partial charge in [0.1, 0.15) is 11.6 Å². The van der Waals surface area contributed by atoms with Crippen molar-refractivity contribution < 1.29 is 9.13 Å². The first-order valence-corrected chi connectivity index (χ1v) is 7.22. The minimum atomic E-state index is -0.178. The standard InChI is InChI=1S/C16H25FN2O.ClH/c1-16(2,3)15(19-10-8-18-9-11-19)14-12(17)6-5-7-13(14)20-4;/h5-7,15,18H,8-11H2,1-4H3;1H/t15-;/m0./s1. The summed E-state index contributed by atoms with van der Waals surface area (Å²) in [7, 11) is 1.61. The Morgan fingerprint density at radius 3 is 2.38 bits per heavy atom. The predicted octanol–water partition coefficient (Wildman–Crippen LogP) is 3.25. The minimum absolute atomic E-state index is 0. The van der Waals surface area contributed by atoms with E-state index >= 15 is 0 Å². The average molecular weight is 317 g/mol. The van der Waals surface area contributed by atoms with Crippen LogP contribution in [0.3, 0.4) is 0 Å². The van der Waals surface area contributed by atoms with Gasteiger partial charge in [-0.15, -0.1) is 12.4 Å². The summed E-state index contributed by atoms with van der Waals surface area (Å²) in [6.07, 6.45) is 0. The average Bonchev–Trinajstić information content (AvgIpc) is 2.40. The van der Waals surface area contributed by atoms with Crippen molar-refractivity contribution in [2.45, 2.75) is 26.8 Å². The van der Waals surface area contributed by atoms with Crippen molar-refractivity contribution in [2.24, 2.45) is 5.41 Å². The number of hydrogen-bond donors (Lipinski definition) is 1. The van der Waals surface area contributed by atoms with Gasteiger partial charge in [-0.1, -0.05) is 26.8 Å². The van der Waals surface area contributed by atoms with Gasteiger partial charge in [0.25, 0.3) is 0 Å². The lowest BCUT2D eigenvalue weighted by molar-refractivity contribution is 0.0812. The number of methoxy groups -OCH3 is 1. The van der Waals surface area contributed by atoms with Crippen LogP contribution in [0.15, 0.2) is 18.2 Å². The van der Waals surface area contributed by atoms with Crippen LogP contribution in [0.2, 0.25) is 0 Å². The summed E-state index contributed by atoms with van der Waals surface area (Å²) in [6, 6.07) is 5.09. The van der Waals surface area contributed by atoms with Gasteiger partial charge in [0.2, 0.25) is 0 Å². The Balaban J connectivity index is 0.00000220. The van der Waals surface area contributed by atoms with E-state index in [2.05, 4.69) is 31.0 Å². The largest absolute Gasteiger partial charge is 0.496 e. The molecule has 1 N–H and O–H groups in total. The highest BCUT2D eigenvalue weighted by Crippen LogP contribution is 2.43. The lowest BCUT2D eigenvalue weighted by Gasteiger charge is -2.43. The van der Waals surface area contributed by atoms with Gasteiger partial charge in [-0.3, -0.25) is 4.90 Å². The molecule has 0 amide bonds. The number of nitrogens with one attached hydrogen (secondary N) is 1. The number of nitrogens with zero attached hydrogens (tertiary/aromatic N) is 1. The molecule has 5 heteroatoms. The van der Waals surface area contributed by atoms with Crippen molar-refractivity contribution in [3.63, 3.8) is 0 Å². The van der Waals surface area contributed by atoms with Crippen molar-refractivity contribution in [3.8, 4) is 5.75 Å². The van der Waals surface area contributed by atoms with E-state index in [4.69, 9.17) is 4.74 Å². The van der Waals surface area contributed by atoms with Crippen LogP contribution in [0, 0.1) is 11.2 Å². The Bertz CT molecular complexity index is 456. The fourth-order valence-corrected chi connectivity index (χ4v) is 3.06. The van der Waals surface area contributed by atoms with E-state index in [0.29, 0.717) is 11.3 Å². The predicted molar refractivity (Wildman–Crippen MR) is 86.8 cm³/mol. The molecule has 2 rings (SSSR count). The van der Waals surface area contributed by atoms with E-state index in [1.165, 1.54) is 6.07 Å². The lowest BCUT2D eigenvalue weighted by atomic mass is 9.80. The number of rotatable bonds is 3. The monoisotopic (exact) mass is 316 g/mol. The van der Waals surface area contributed by atoms with Gasteiger partial charge in [0.15, 0.2) is 0 Å². The molecule has 1 aliphatic rings. The molecule has 0 radical (unpaired) electrons. The second-order valence-corrected chi connectivity index (χ2v) is 6.41. The molecule has 1 fully saturated rings. The maximum atomic E-state index is 14.5. The molecule has 0 aromatic heterocycles. The first kappa shape index (κ1) is 18.2. The van der Waals surface area contributed by atoms with E-state index < -0.39 is 0 Å². The molecule has 3 nitrogen and oxygen atoms in total. The maximum absolute atomic E-state index is 14.5. The first-order valence-electron chi connectivity index (χ1n) is 7.22. The van der Waals surface area contributed by atoms with Crippen LogP contribution in [0.25, 0.3) is 0 Å². The highest BCUT2D eigenvalue weighted by Gasteiger charge is 2.36. The third-order valence-electron chi connectivity index (χ3n) is 3.84. The molecule has 0 spiro atoms. The molecule has 1 heterocycles. The van der Waals surface area contributed by atoms with Crippen LogP contribution in [-0.2, 0) is 0 Å². The maximum Gasteiger partial charge on any atom is 0.131 e. The molecular formula is C16H26ClFN2O. The molecule has 0 bridgehead atoms. The summed E-state index contributed by atoms with van der Waals surface area (Å²) >= 11 is 0. The Hall–Kier alpha value is -0.840. The van der Waals surface area contributed by atoms with Crippen molar-refractivity contribution in [1.82, 2.24) is 10.2 Å². The number of halogens is 2. The molecule has 1 aromatic carbocycles. The number of piperazine rings is 1. The summed E-state index contributed by atoms with van der Waals surface area (Å²) in [6.45, 7) is 10.2. The molecule has 1 atom stereocenters. The van der Waals surface area contributed by atoms with Crippen molar-refractivity contribution >= 4 is 12.4 Å². The molecule has 1 saturated heterocycles. The number of benzene rings is 1. The van der Waals surface area contributed by atoms with Crippen LogP contribution in [0.5, 0.6) is 5.75 Å². The van der Waals surface area contributed by atoms with Gasteiger partial charge in [-0.25, -0.2) is 4.39 Å². The van der Waals surface area contributed by atoms with Crippen LogP contribution >= 0.6 is 12.4 Å². The molecule has 1 aliphatic heterocycles. The van der Waals surface area contributed by atoms with Gasteiger partial charge in [0.05, 0.1) is 7.11 Å². The summed E-state index contributed by atoms with van der Waals surface area (Å²) in [5, 5.41) is 3.35. The molecule has 0 aliphatic carbocycles. The molecule has 0 unspecified atom stereocenters. The minimum Gasteiger partial charge on any atom is -0.496 e. The Labute approximate surface area is 133 Å². The molecular weight excluding hydrogens is 291 g/mol. The van der Waals surface area contributed by atoms with Gasteiger partial charge in [-0.05, 0) is 17.5 Å². The lowest BCUT2D eigenvalue weighted by Crippen LogP contribution is -2.48. The van der Waals surface area contributed by atoms with E-state index in [1.807, 2.05) is 6.07 Å². The van der Waals surface area contributed by atoms with Crippen LogP contribution in [0.1, 0.15) is 32.4 Å². The SMILES string of the molecule is COc1cccc(F)c1[C@H](N1CCNCC1)C(C)(C)C.Cl. The normalized spacial score (nSPS) is 18.0. The Morgan fingerprint density at radius 2 is 1.86 bits per heavy atom. The third kappa shape index (κ3) is 4.09. The van der Waals surface area contributed by atoms with E-state index in [0.717, 1.165) is 26.2 Å². The van der Waals surface area contributed by atoms with Gasteiger partial charge >= 0.3 is 0 Å². The Morgan fingerprint density at radius 1 is 1.24 bits per heavy atom. The zero-order valence-corrected chi connectivity index (χ0v) is 14.1. The van der Waals surface area contributed by atoms with E-state index in [-0.39, 0.29) is 29.7 Å². The molecule has 1 aromatic rings. The second-order valence-electron chi connectivity index (χ2n) is 6.41. The van der Waals surface area contributed by atoms with Crippen molar-refractivity contribution in [2.75, 3.05) is 33.3 Å². The van der Waals surface area contributed by atoms with Gasteiger partial charge < -0.3 is 10.1 Å². The summed E-state index contributed by atoms with van der Waals surface area (Å²) in [5.41, 5.74) is 0.622. The highest BCUT2D eigenvalue weighted by atomic mass is 35.5. The van der Waals surface area contributed by atoms with Crippen molar-refractivity contribution in [3.05, 3.63) is 29.6 Å². The topological polar surface area (TPSA) is 24.5 Å². The quantitative estimate of drug-likeness (QED) is 0.926.